The van der Waals surface area contributed by atoms with E-state index < -0.39 is 10.0 Å². The predicted octanol–water partition coefficient (Wildman–Crippen LogP) is 4.63. The van der Waals surface area contributed by atoms with E-state index in [1.807, 2.05) is 43.3 Å². The van der Waals surface area contributed by atoms with E-state index in [0.717, 1.165) is 17.1 Å². The molecule has 0 heterocycles. The van der Waals surface area contributed by atoms with E-state index in [2.05, 4.69) is 10.0 Å². The van der Waals surface area contributed by atoms with Crippen molar-refractivity contribution in [1.82, 2.24) is 0 Å². The Labute approximate surface area is 153 Å². The molecule has 3 rings (SSSR count). The van der Waals surface area contributed by atoms with Gasteiger partial charge >= 0.3 is 0 Å². The predicted molar refractivity (Wildman–Crippen MR) is 105 cm³/mol. The van der Waals surface area contributed by atoms with Gasteiger partial charge in [0.2, 0.25) is 0 Å². The van der Waals surface area contributed by atoms with Crippen molar-refractivity contribution in [2.24, 2.45) is 0 Å². The fraction of sp³-hybridized carbons (Fsp3) is 0.100. The Kier molecular flexibility index (Phi) is 5.43. The summed E-state index contributed by atoms with van der Waals surface area (Å²) >= 11 is 0. The van der Waals surface area contributed by atoms with E-state index in [9.17, 15) is 8.42 Å². The maximum atomic E-state index is 12.4. The van der Waals surface area contributed by atoms with E-state index in [1.165, 1.54) is 0 Å². The van der Waals surface area contributed by atoms with Crippen LogP contribution in [0.2, 0.25) is 0 Å². The summed E-state index contributed by atoms with van der Waals surface area (Å²) in [6.45, 7) is 2.52. The molecule has 0 bridgehead atoms. The number of rotatable bonds is 7. The monoisotopic (exact) mass is 368 g/mol. The van der Waals surface area contributed by atoms with Crippen LogP contribution in [0.25, 0.3) is 0 Å². The second-order valence-corrected chi connectivity index (χ2v) is 7.23. The minimum Gasteiger partial charge on any atom is -0.492 e. The molecule has 0 aliphatic carbocycles. The van der Waals surface area contributed by atoms with E-state index >= 15 is 0 Å². The third-order valence-electron chi connectivity index (χ3n) is 3.66. The van der Waals surface area contributed by atoms with Gasteiger partial charge in [-0.1, -0.05) is 30.3 Å². The first-order valence-electron chi connectivity index (χ1n) is 8.25. The van der Waals surface area contributed by atoms with Gasteiger partial charge in [-0.3, -0.25) is 4.72 Å². The first-order chi connectivity index (χ1) is 12.6. The number of para-hydroxylation sites is 2. The number of ether oxygens (including phenoxy) is 1. The number of benzene rings is 3. The number of hydrogen-bond donors (Lipinski definition) is 2. The molecule has 0 fully saturated rings. The lowest BCUT2D eigenvalue weighted by Crippen LogP contribution is -2.12. The van der Waals surface area contributed by atoms with Crippen LogP contribution in [-0.4, -0.2) is 15.0 Å². The van der Waals surface area contributed by atoms with Gasteiger partial charge in [0.05, 0.1) is 17.2 Å². The van der Waals surface area contributed by atoms with Gasteiger partial charge in [0, 0.05) is 11.4 Å². The van der Waals surface area contributed by atoms with Gasteiger partial charge in [-0.15, -0.1) is 0 Å². The van der Waals surface area contributed by atoms with Gasteiger partial charge in [-0.05, 0) is 55.5 Å². The third-order valence-corrected chi connectivity index (χ3v) is 5.05. The normalized spacial score (nSPS) is 11.0. The molecule has 26 heavy (non-hydrogen) atoms. The lowest BCUT2D eigenvalue weighted by atomic mass is 10.2. The molecule has 0 unspecified atom stereocenters. The molecular formula is C20H20N2O3S. The van der Waals surface area contributed by atoms with Gasteiger partial charge in [0.1, 0.15) is 5.75 Å². The van der Waals surface area contributed by atoms with Crippen LogP contribution in [0.15, 0.2) is 83.8 Å². The SMILES string of the molecule is CCOc1ccccc1Nc1ccc(NS(=O)(=O)c2ccccc2)cc1. The Morgan fingerprint density at radius 3 is 2.12 bits per heavy atom. The summed E-state index contributed by atoms with van der Waals surface area (Å²) in [5.74, 6) is 0.767. The van der Waals surface area contributed by atoms with Crippen LogP contribution in [0.5, 0.6) is 5.75 Å². The minimum absolute atomic E-state index is 0.229. The van der Waals surface area contributed by atoms with Gasteiger partial charge in [-0.25, -0.2) is 8.42 Å². The van der Waals surface area contributed by atoms with Gasteiger partial charge in [-0.2, -0.15) is 0 Å². The molecular weight excluding hydrogens is 348 g/mol. The topological polar surface area (TPSA) is 67.4 Å². The van der Waals surface area contributed by atoms with Gasteiger partial charge in [0.25, 0.3) is 10.0 Å². The van der Waals surface area contributed by atoms with E-state index in [-0.39, 0.29) is 4.90 Å². The standard InChI is InChI=1S/C20H20N2O3S/c1-2-25-20-11-7-6-10-19(20)21-16-12-14-17(15-13-16)22-26(23,24)18-8-4-3-5-9-18/h3-15,21-22H,2H2,1H3. The molecule has 0 atom stereocenters. The second-order valence-electron chi connectivity index (χ2n) is 5.55. The fourth-order valence-corrected chi connectivity index (χ4v) is 3.52. The number of sulfonamides is 1. The van der Waals surface area contributed by atoms with Crippen LogP contribution in [0.3, 0.4) is 0 Å². The van der Waals surface area contributed by atoms with Crippen molar-refractivity contribution in [1.29, 1.82) is 0 Å². The molecule has 6 heteroatoms. The maximum Gasteiger partial charge on any atom is 0.261 e. The number of anilines is 3. The van der Waals surface area contributed by atoms with Crippen molar-refractivity contribution in [3.05, 3.63) is 78.9 Å². The van der Waals surface area contributed by atoms with Gasteiger partial charge < -0.3 is 10.1 Å². The first-order valence-corrected chi connectivity index (χ1v) is 9.73. The summed E-state index contributed by atoms with van der Waals surface area (Å²) in [5.41, 5.74) is 2.18. The largest absolute Gasteiger partial charge is 0.492 e. The Morgan fingerprint density at radius 2 is 1.42 bits per heavy atom. The molecule has 0 aliphatic heterocycles. The molecule has 5 nitrogen and oxygen atoms in total. The van der Waals surface area contributed by atoms with E-state index in [4.69, 9.17) is 4.74 Å². The molecule has 3 aromatic rings. The van der Waals surface area contributed by atoms with Crippen LogP contribution in [0.1, 0.15) is 6.92 Å². The first kappa shape index (κ1) is 17.8. The maximum absolute atomic E-state index is 12.4. The van der Waals surface area contributed by atoms with Crippen LogP contribution in [0.4, 0.5) is 17.1 Å². The van der Waals surface area contributed by atoms with Crippen LogP contribution in [0, 0.1) is 0 Å². The summed E-state index contributed by atoms with van der Waals surface area (Å²) in [4.78, 5) is 0.229. The average Bonchev–Trinajstić information content (AvgIpc) is 2.66. The molecule has 0 saturated heterocycles. The number of nitrogens with one attached hydrogen (secondary N) is 2. The quantitative estimate of drug-likeness (QED) is 0.638. The molecule has 0 aromatic heterocycles. The molecule has 3 aromatic carbocycles. The molecule has 2 N–H and O–H groups in total. The smallest absolute Gasteiger partial charge is 0.261 e. The molecule has 0 amide bonds. The van der Waals surface area contributed by atoms with E-state index in [0.29, 0.717) is 12.3 Å². The zero-order chi connectivity index (χ0) is 18.4. The molecule has 0 aliphatic rings. The molecule has 0 radical (unpaired) electrons. The Bertz CT molecular complexity index is 956. The Morgan fingerprint density at radius 1 is 0.808 bits per heavy atom. The van der Waals surface area contributed by atoms with Crippen molar-refractivity contribution < 1.29 is 13.2 Å². The van der Waals surface area contributed by atoms with Crippen molar-refractivity contribution >= 4 is 27.1 Å². The van der Waals surface area contributed by atoms with Gasteiger partial charge in [0.15, 0.2) is 0 Å². The second kappa shape index (κ2) is 7.93. The van der Waals surface area contributed by atoms with Crippen molar-refractivity contribution in [3.63, 3.8) is 0 Å². The van der Waals surface area contributed by atoms with E-state index in [1.54, 1.807) is 42.5 Å². The highest BCUT2D eigenvalue weighted by atomic mass is 32.2. The minimum atomic E-state index is -3.59. The zero-order valence-electron chi connectivity index (χ0n) is 14.3. The van der Waals surface area contributed by atoms with Crippen molar-refractivity contribution in [2.45, 2.75) is 11.8 Å². The molecule has 0 saturated carbocycles. The highest BCUT2D eigenvalue weighted by Crippen LogP contribution is 2.28. The average molecular weight is 368 g/mol. The Hall–Kier alpha value is -2.99. The summed E-state index contributed by atoms with van der Waals surface area (Å²) in [5, 5.41) is 3.28. The van der Waals surface area contributed by atoms with Crippen LogP contribution in [-0.2, 0) is 10.0 Å². The lowest BCUT2D eigenvalue weighted by molar-refractivity contribution is 0.342. The fourth-order valence-electron chi connectivity index (χ4n) is 2.44. The third kappa shape index (κ3) is 4.34. The lowest BCUT2D eigenvalue weighted by Gasteiger charge is -2.13. The Balaban J connectivity index is 1.73. The summed E-state index contributed by atoms with van der Waals surface area (Å²) in [7, 11) is -3.59. The summed E-state index contributed by atoms with van der Waals surface area (Å²) in [6.07, 6.45) is 0. The zero-order valence-corrected chi connectivity index (χ0v) is 15.2. The van der Waals surface area contributed by atoms with Crippen molar-refractivity contribution in [3.8, 4) is 5.75 Å². The number of hydrogen-bond acceptors (Lipinski definition) is 4. The molecule has 0 spiro atoms. The van der Waals surface area contributed by atoms with Crippen LogP contribution < -0.4 is 14.8 Å². The summed E-state index contributed by atoms with van der Waals surface area (Å²) < 4.78 is 32.9. The highest BCUT2D eigenvalue weighted by molar-refractivity contribution is 7.92. The van der Waals surface area contributed by atoms with Crippen molar-refractivity contribution in [2.75, 3.05) is 16.6 Å². The van der Waals surface area contributed by atoms with Crippen LogP contribution >= 0.6 is 0 Å². The summed E-state index contributed by atoms with van der Waals surface area (Å²) in [6, 6.07) is 23.0. The highest BCUT2D eigenvalue weighted by Gasteiger charge is 2.13. The molecule has 134 valence electrons.